The monoisotopic (exact) mass is 409 g/mol. The van der Waals surface area contributed by atoms with Gasteiger partial charge in [-0.05, 0) is 18.2 Å². The number of ether oxygens (including phenoxy) is 1. The number of nitrogens with zero attached hydrogens (tertiary/aromatic N) is 4. The number of pyridine rings is 1. The third kappa shape index (κ3) is 4.46. The van der Waals surface area contributed by atoms with E-state index in [2.05, 4.69) is 20.4 Å². The van der Waals surface area contributed by atoms with Crippen LogP contribution in [0.5, 0.6) is 11.6 Å². The summed E-state index contributed by atoms with van der Waals surface area (Å²) in [4.78, 5) is 21.0. The summed E-state index contributed by atoms with van der Waals surface area (Å²) in [6.45, 7) is 0.192. The number of nitrogens with one attached hydrogen (secondary N) is 1. The van der Waals surface area contributed by atoms with Crippen molar-refractivity contribution in [3.05, 3.63) is 77.4 Å². The van der Waals surface area contributed by atoms with E-state index in [0.717, 1.165) is 10.6 Å². The molecule has 1 amide bonds. The van der Waals surface area contributed by atoms with E-state index in [-0.39, 0.29) is 12.5 Å². The van der Waals surface area contributed by atoms with Crippen LogP contribution in [0.3, 0.4) is 0 Å². The number of thiazole rings is 1. The number of carbonyl (C=O) groups excluding carboxylic acids is 1. The highest BCUT2D eigenvalue weighted by Crippen LogP contribution is 2.24. The Kier molecular flexibility index (Phi) is 5.30. The van der Waals surface area contributed by atoms with Crippen molar-refractivity contribution in [1.82, 2.24) is 25.1 Å². The van der Waals surface area contributed by atoms with Crippen LogP contribution in [-0.2, 0) is 13.6 Å². The van der Waals surface area contributed by atoms with E-state index < -0.39 is 5.82 Å². The predicted molar refractivity (Wildman–Crippen MR) is 106 cm³/mol. The van der Waals surface area contributed by atoms with Gasteiger partial charge in [-0.2, -0.15) is 5.10 Å². The number of halogens is 1. The van der Waals surface area contributed by atoms with E-state index >= 15 is 0 Å². The molecule has 3 heterocycles. The van der Waals surface area contributed by atoms with Gasteiger partial charge in [-0.3, -0.25) is 9.48 Å². The molecule has 7 nitrogen and oxygen atoms in total. The lowest BCUT2D eigenvalue weighted by Crippen LogP contribution is -2.23. The van der Waals surface area contributed by atoms with E-state index in [4.69, 9.17) is 4.74 Å². The lowest BCUT2D eigenvalue weighted by molar-refractivity contribution is 0.0946. The van der Waals surface area contributed by atoms with Crippen LogP contribution in [0.1, 0.15) is 16.1 Å². The summed E-state index contributed by atoms with van der Waals surface area (Å²) in [6.07, 6.45) is 5.11. The summed E-state index contributed by atoms with van der Waals surface area (Å²) in [5.74, 6) is -0.0807. The van der Waals surface area contributed by atoms with Gasteiger partial charge < -0.3 is 10.1 Å². The zero-order valence-corrected chi connectivity index (χ0v) is 16.2. The first-order valence-electron chi connectivity index (χ1n) is 8.68. The third-order valence-electron chi connectivity index (χ3n) is 3.99. The predicted octanol–water partition coefficient (Wildman–Crippen LogP) is 3.80. The normalized spacial score (nSPS) is 10.7. The maximum absolute atomic E-state index is 13.4. The van der Waals surface area contributed by atoms with Crippen molar-refractivity contribution in [2.24, 2.45) is 7.05 Å². The first kappa shape index (κ1) is 18.8. The van der Waals surface area contributed by atoms with Crippen molar-refractivity contribution in [3.63, 3.8) is 0 Å². The Morgan fingerprint density at radius 2 is 2.21 bits per heavy atom. The minimum absolute atomic E-state index is 0.192. The molecule has 0 spiro atoms. The third-order valence-corrected chi connectivity index (χ3v) is 4.88. The number of rotatable bonds is 6. The number of hydrogen-bond acceptors (Lipinski definition) is 6. The van der Waals surface area contributed by atoms with Gasteiger partial charge in [0.2, 0.25) is 5.88 Å². The number of hydrogen-bond donors (Lipinski definition) is 1. The summed E-state index contributed by atoms with van der Waals surface area (Å²) in [5.41, 5.74) is 1.84. The van der Waals surface area contributed by atoms with E-state index in [1.54, 1.807) is 46.7 Å². The Balaban J connectivity index is 1.44. The van der Waals surface area contributed by atoms with Gasteiger partial charge in [0, 0.05) is 48.6 Å². The van der Waals surface area contributed by atoms with Gasteiger partial charge in [0.15, 0.2) is 0 Å². The molecule has 0 aliphatic carbocycles. The van der Waals surface area contributed by atoms with Crippen molar-refractivity contribution < 1.29 is 13.9 Å². The van der Waals surface area contributed by atoms with Crippen LogP contribution >= 0.6 is 11.3 Å². The van der Waals surface area contributed by atoms with Gasteiger partial charge >= 0.3 is 0 Å². The molecule has 1 N–H and O–H groups in total. The van der Waals surface area contributed by atoms with E-state index in [0.29, 0.717) is 22.9 Å². The molecule has 0 radical (unpaired) electrons. The summed E-state index contributed by atoms with van der Waals surface area (Å²) in [7, 11) is 1.82. The van der Waals surface area contributed by atoms with Crippen LogP contribution in [0.2, 0.25) is 0 Å². The second kappa shape index (κ2) is 8.19. The number of aromatic nitrogens is 4. The second-order valence-electron chi connectivity index (χ2n) is 6.15. The molecule has 146 valence electrons. The molecule has 0 aliphatic rings. The molecule has 3 aromatic heterocycles. The minimum atomic E-state index is -0.402. The zero-order chi connectivity index (χ0) is 20.2. The van der Waals surface area contributed by atoms with Gasteiger partial charge in [0.05, 0.1) is 6.20 Å². The van der Waals surface area contributed by atoms with Gasteiger partial charge in [0.1, 0.15) is 22.3 Å². The van der Waals surface area contributed by atoms with Crippen LogP contribution in [-0.4, -0.2) is 25.7 Å². The molecule has 0 saturated carbocycles. The van der Waals surface area contributed by atoms with Crippen molar-refractivity contribution in [1.29, 1.82) is 0 Å². The Bertz CT molecular complexity index is 1160. The number of amides is 1. The van der Waals surface area contributed by atoms with Crippen molar-refractivity contribution in [2.75, 3.05) is 0 Å². The van der Waals surface area contributed by atoms with Crippen LogP contribution in [0.25, 0.3) is 10.6 Å². The Hall–Kier alpha value is -3.59. The average Bonchev–Trinajstić information content (AvgIpc) is 3.36. The summed E-state index contributed by atoms with van der Waals surface area (Å²) in [6, 6.07) is 9.31. The molecule has 0 aliphatic heterocycles. The SMILES string of the molecule is Cn1cc(-c2nc(C(=O)NCc3cccnc3Oc3cccc(F)c3)cs2)cn1. The van der Waals surface area contributed by atoms with Gasteiger partial charge in [-0.15, -0.1) is 11.3 Å². The molecule has 0 unspecified atom stereocenters. The molecular weight excluding hydrogens is 393 g/mol. The van der Waals surface area contributed by atoms with Crippen LogP contribution < -0.4 is 10.1 Å². The lowest BCUT2D eigenvalue weighted by atomic mass is 10.2. The highest BCUT2D eigenvalue weighted by atomic mass is 32.1. The molecule has 0 fully saturated rings. The fraction of sp³-hybridized carbons (Fsp3) is 0.100. The molecule has 4 aromatic rings. The lowest BCUT2D eigenvalue weighted by Gasteiger charge is -2.10. The zero-order valence-electron chi connectivity index (χ0n) is 15.4. The first-order valence-corrected chi connectivity index (χ1v) is 9.56. The van der Waals surface area contributed by atoms with Crippen LogP contribution in [0.15, 0.2) is 60.4 Å². The highest BCUT2D eigenvalue weighted by molar-refractivity contribution is 7.13. The molecule has 0 atom stereocenters. The molecule has 0 saturated heterocycles. The van der Waals surface area contributed by atoms with Crippen LogP contribution in [0.4, 0.5) is 4.39 Å². The molecular formula is C20H16FN5O2S. The van der Waals surface area contributed by atoms with Gasteiger partial charge in [0.25, 0.3) is 5.91 Å². The van der Waals surface area contributed by atoms with Crippen molar-refractivity contribution in [3.8, 4) is 22.2 Å². The Morgan fingerprint density at radius 3 is 3.00 bits per heavy atom. The molecule has 9 heteroatoms. The minimum Gasteiger partial charge on any atom is -0.439 e. The Morgan fingerprint density at radius 1 is 1.31 bits per heavy atom. The number of aryl methyl sites for hydroxylation is 1. The number of carbonyl (C=O) groups is 1. The van der Waals surface area contributed by atoms with E-state index in [1.807, 2.05) is 13.2 Å². The van der Waals surface area contributed by atoms with Crippen LogP contribution in [0, 0.1) is 5.82 Å². The summed E-state index contributed by atoms with van der Waals surface area (Å²) >= 11 is 1.37. The largest absolute Gasteiger partial charge is 0.439 e. The second-order valence-corrected chi connectivity index (χ2v) is 7.01. The fourth-order valence-electron chi connectivity index (χ4n) is 2.60. The smallest absolute Gasteiger partial charge is 0.271 e. The summed E-state index contributed by atoms with van der Waals surface area (Å²) in [5, 5.41) is 9.35. The molecule has 4 rings (SSSR count). The van der Waals surface area contributed by atoms with Gasteiger partial charge in [-0.25, -0.2) is 14.4 Å². The molecule has 29 heavy (non-hydrogen) atoms. The molecule has 0 bridgehead atoms. The number of benzene rings is 1. The first-order chi connectivity index (χ1) is 14.1. The van der Waals surface area contributed by atoms with Crippen molar-refractivity contribution >= 4 is 17.2 Å². The van der Waals surface area contributed by atoms with E-state index in [9.17, 15) is 9.18 Å². The average molecular weight is 409 g/mol. The van der Waals surface area contributed by atoms with Gasteiger partial charge in [-0.1, -0.05) is 12.1 Å². The van der Waals surface area contributed by atoms with E-state index in [1.165, 1.54) is 23.5 Å². The van der Waals surface area contributed by atoms with Crippen molar-refractivity contribution in [2.45, 2.75) is 6.54 Å². The maximum atomic E-state index is 13.4. The summed E-state index contributed by atoms with van der Waals surface area (Å²) < 4.78 is 20.7. The standard InChI is InChI=1S/C20H16FN5O2S/c1-26-11-14(10-24-26)20-25-17(12-29-20)18(27)23-9-13-4-3-7-22-19(13)28-16-6-2-5-15(21)8-16/h2-8,10-12H,9H2,1H3,(H,23,27). The molecule has 1 aromatic carbocycles. The highest BCUT2D eigenvalue weighted by Gasteiger charge is 2.14. The fourth-order valence-corrected chi connectivity index (χ4v) is 3.38. The maximum Gasteiger partial charge on any atom is 0.271 e. The Labute approximate surface area is 169 Å². The quantitative estimate of drug-likeness (QED) is 0.524. The topological polar surface area (TPSA) is 81.9 Å².